The van der Waals surface area contributed by atoms with E-state index in [9.17, 15) is 13.2 Å². The lowest BCUT2D eigenvalue weighted by Gasteiger charge is -2.38. The Morgan fingerprint density at radius 2 is 2.00 bits per heavy atom. The highest BCUT2D eigenvalue weighted by Gasteiger charge is 2.35. The van der Waals surface area contributed by atoms with Crippen LogP contribution in [0.1, 0.15) is 37.4 Å². The summed E-state index contributed by atoms with van der Waals surface area (Å²) < 4.78 is 32.0. The Kier molecular flexibility index (Phi) is 6.38. The Balaban J connectivity index is 1.85. The molecular weight excluding hydrogens is 420 g/mol. The number of anilines is 1. The van der Waals surface area contributed by atoms with E-state index in [1.807, 2.05) is 51.3 Å². The fourth-order valence-electron chi connectivity index (χ4n) is 3.64. The van der Waals surface area contributed by atoms with Gasteiger partial charge in [0.1, 0.15) is 17.9 Å². The highest BCUT2D eigenvalue weighted by atomic mass is 32.2. The van der Waals surface area contributed by atoms with Crippen LogP contribution < -0.4 is 14.4 Å². The first kappa shape index (κ1) is 22.5. The first-order valence-electron chi connectivity index (χ1n) is 9.69. The summed E-state index contributed by atoms with van der Waals surface area (Å²) in [7, 11) is -3.63. The molecule has 1 amide bonds. The minimum absolute atomic E-state index is 0.255. The van der Waals surface area contributed by atoms with E-state index < -0.39 is 15.6 Å². The Labute approximate surface area is 183 Å². The van der Waals surface area contributed by atoms with Crippen LogP contribution in [-0.4, -0.2) is 39.0 Å². The number of fused-ring (bicyclic) bond motifs is 1. The maximum atomic E-state index is 12.9. The number of rotatable bonds is 6. The second-order valence-electron chi connectivity index (χ2n) is 8.20. The van der Waals surface area contributed by atoms with Gasteiger partial charge in [-0.2, -0.15) is 0 Å². The molecule has 30 heavy (non-hydrogen) atoms. The summed E-state index contributed by atoms with van der Waals surface area (Å²) in [6.45, 7) is 5.66. The van der Waals surface area contributed by atoms with Crippen LogP contribution in [0.4, 0.5) is 5.69 Å². The smallest absolute Gasteiger partial charge is 0.241 e. The molecule has 1 heterocycles. The summed E-state index contributed by atoms with van der Waals surface area (Å²) in [5, 5.41) is 3.03. The van der Waals surface area contributed by atoms with Gasteiger partial charge in [-0.25, -0.2) is 8.42 Å². The van der Waals surface area contributed by atoms with Gasteiger partial charge < -0.3 is 10.1 Å². The normalized spacial score (nSPS) is 17.6. The third-order valence-corrected chi connectivity index (χ3v) is 6.85. The van der Waals surface area contributed by atoms with E-state index >= 15 is 0 Å². The molecule has 1 N–H and O–H groups in total. The topological polar surface area (TPSA) is 75.7 Å². The van der Waals surface area contributed by atoms with Gasteiger partial charge >= 0.3 is 0 Å². The number of amides is 1. The van der Waals surface area contributed by atoms with Gasteiger partial charge in [0.2, 0.25) is 15.9 Å². The Hall–Kier alpha value is -2.19. The zero-order valence-electron chi connectivity index (χ0n) is 17.9. The largest absolute Gasteiger partial charge is 0.487 e. The van der Waals surface area contributed by atoms with E-state index in [0.29, 0.717) is 12.1 Å². The third kappa shape index (κ3) is 5.29. The molecule has 1 aliphatic rings. The fourth-order valence-corrected chi connectivity index (χ4v) is 4.94. The number of benzene rings is 2. The van der Waals surface area contributed by atoms with Crippen LogP contribution in [0.5, 0.6) is 5.75 Å². The Morgan fingerprint density at radius 1 is 1.27 bits per heavy atom. The van der Waals surface area contributed by atoms with Crippen molar-refractivity contribution in [3.8, 4) is 5.75 Å². The quantitative estimate of drug-likeness (QED) is 0.679. The molecule has 0 aliphatic carbocycles. The van der Waals surface area contributed by atoms with Crippen molar-refractivity contribution in [2.24, 2.45) is 0 Å². The van der Waals surface area contributed by atoms with Crippen molar-refractivity contribution < 1.29 is 17.9 Å². The number of nitrogens with one attached hydrogen (secondary N) is 1. The summed E-state index contributed by atoms with van der Waals surface area (Å²) in [5.74, 6) is 0.389. The number of ether oxygens (including phenoxy) is 1. The monoisotopic (exact) mass is 448 g/mol. The molecular formula is C22H28N2O4S2. The van der Waals surface area contributed by atoms with Crippen LogP contribution in [0.25, 0.3) is 0 Å². The molecule has 0 fully saturated rings. The van der Waals surface area contributed by atoms with Crippen molar-refractivity contribution in [2.75, 3.05) is 23.4 Å². The van der Waals surface area contributed by atoms with Crippen molar-refractivity contribution in [3.63, 3.8) is 0 Å². The molecule has 8 heteroatoms. The molecule has 0 aromatic heterocycles. The molecule has 1 atom stereocenters. The molecule has 1 unspecified atom stereocenters. The van der Waals surface area contributed by atoms with Gasteiger partial charge in [0.15, 0.2) is 0 Å². The van der Waals surface area contributed by atoms with Crippen molar-refractivity contribution >= 4 is 33.4 Å². The van der Waals surface area contributed by atoms with Gasteiger partial charge in [0, 0.05) is 16.9 Å². The molecule has 162 valence electrons. The van der Waals surface area contributed by atoms with E-state index in [4.69, 9.17) is 4.74 Å². The van der Waals surface area contributed by atoms with Gasteiger partial charge in [-0.05, 0) is 51.3 Å². The number of hydrogen-bond acceptors (Lipinski definition) is 5. The number of carbonyl (C=O) groups excluding carboxylic acids is 1. The van der Waals surface area contributed by atoms with Crippen molar-refractivity contribution in [1.82, 2.24) is 5.32 Å². The maximum Gasteiger partial charge on any atom is 0.241 e. The van der Waals surface area contributed by atoms with Crippen LogP contribution in [0.3, 0.4) is 0 Å². The number of sulfonamides is 1. The maximum absolute atomic E-state index is 12.9. The highest BCUT2D eigenvalue weighted by Crippen LogP contribution is 2.39. The van der Waals surface area contributed by atoms with Crippen LogP contribution >= 0.6 is 11.8 Å². The molecule has 0 saturated heterocycles. The van der Waals surface area contributed by atoms with E-state index in [2.05, 4.69) is 5.32 Å². The van der Waals surface area contributed by atoms with E-state index in [-0.39, 0.29) is 18.5 Å². The van der Waals surface area contributed by atoms with Gasteiger partial charge in [-0.1, -0.05) is 23.8 Å². The molecule has 2 aromatic carbocycles. The van der Waals surface area contributed by atoms with Gasteiger partial charge in [0.05, 0.1) is 18.0 Å². The second kappa shape index (κ2) is 8.51. The summed E-state index contributed by atoms with van der Waals surface area (Å²) in [4.78, 5) is 13.9. The zero-order chi connectivity index (χ0) is 22.1. The molecule has 0 bridgehead atoms. The standard InChI is InChI=1S/C22H28N2O4S2/c1-15-9-10-20-18(11-15)19(13-22(2,3)28-20)23-21(25)14-24(30(5,26)27)16-7-6-8-17(12-16)29-4/h6-12,19H,13-14H2,1-5H3,(H,23,25). The van der Waals surface area contributed by atoms with Crippen molar-refractivity contribution in [3.05, 3.63) is 53.6 Å². The summed E-state index contributed by atoms with van der Waals surface area (Å²) >= 11 is 1.52. The Morgan fingerprint density at radius 3 is 2.67 bits per heavy atom. The Bertz CT molecular complexity index is 1050. The molecule has 2 aromatic rings. The minimum Gasteiger partial charge on any atom is -0.487 e. The van der Waals surface area contributed by atoms with Crippen molar-refractivity contribution in [2.45, 2.75) is 43.7 Å². The lowest BCUT2D eigenvalue weighted by Crippen LogP contribution is -2.45. The first-order chi connectivity index (χ1) is 14.0. The van der Waals surface area contributed by atoms with Crippen LogP contribution in [0, 0.1) is 6.92 Å². The van der Waals surface area contributed by atoms with Gasteiger partial charge in [0.25, 0.3) is 0 Å². The lowest BCUT2D eigenvalue weighted by molar-refractivity contribution is -0.120. The summed E-state index contributed by atoms with van der Waals surface area (Å²) in [5.41, 5.74) is 2.02. The average molecular weight is 449 g/mol. The van der Waals surface area contributed by atoms with E-state index in [0.717, 1.165) is 32.3 Å². The van der Waals surface area contributed by atoms with Gasteiger partial charge in [-0.3, -0.25) is 9.10 Å². The van der Waals surface area contributed by atoms with Crippen LogP contribution in [0.15, 0.2) is 47.4 Å². The fraction of sp³-hybridized carbons (Fsp3) is 0.409. The second-order valence-corrected chi connectivity index (χ2v) is 11.0. The van der Waals surface area contributed by atoms with E-state index in [1.54, 1.807) is 18.2 Å². The lowest BCUT2D eigenvalue weighted by atomic mass is 9.89. The number of nitrogens with zero attached hydrogens (tertiary/aromatic N) is 1. The first-order valence-corrected chi connectivity index (χ1v) is 12.8. The van der Waals surface area contributed by atoms with Crippen LogP contribution in [-0.2, 0) is 14.8 Å². The molecule has 6 nitrogen and oxygen atoms in total. The van der Waals surface area contributed by atoms with E-state index in [1.165, 1.54) is 11.8 Å². The molecule has 0 spiro atoms. The molecule has 1 aliphatic heterocycles. The number of aryl methyl sites for hydroxylation is 1. The SMILES string of the molecule is CSc1cccc(N(CC(=O)NC2CC(C)(C)Oc3ccc(C)cc32)S(C)(=O)=O)c1. The minimum atomic E-state index is -3.63. The molecule has 3 rings (SSSR count). The summed E-state index contributed by atoms with van der Waals surface area (Å²) in [6.07, 6.45) is 3.63. The average Bonchev–Trinajstić information content (AvgIpc) is 2.65. The number of thioether (sulfide) groups is 1. The highest BCUT2D eigenvalue weighted by molar-refractivity contribution is 7.98. The van der Waals surface area contributed by atoms with Gasteiger partial charge in [-0.15, -0.1) is 11.8 Å². The predicted molar refractivity (Wildman–Crippen MR) is 122 cm³/mol. The van der Waals surface area contributed by atoms with Crippen molar-refractivity contribution in [1.29, 1.82) is 0 Å². The van der Waals surface area contributed by atoms with Crippen LogP contribution in [0.2, 0.25) is 0 Å². The zero-order valence-corrected chi connectivity index (χ0v) is 19.6. The molecule has 0 radical (unpaired) electrons. The predicted octanol–water partition coefficient (Wildman–Crippen LogP) is 3.90. The third-order valence-electron chi connectivity index (χ3n) is 4.99. The summed E-state index contributed by atoms with van der Waals surface area (Å²) in [6, 6.07) is 12.8. The number of hydrogen-bond donors (Lipinski definition) is 1. The molecule has 0 saturated carbocycles. The number of carbonyl (C=O) groups is 1.